The van der Waals surface area contributed by atoms with Crippen LogP contribution >= 0.6 is 11.3 Å². The van der Waals surface area contributed by atoms with Gasteiger partial charge in [-0.1, -0.05) is 78.9 Å². The first-order chi connectivity index (χ1) is 18.7. The molecular weight excluding hydrogens is 488 g/mol. The molecule has 0 unspecified atom stereocenters. The first kappa shape index (κ1) is 22.5. The Hall–Kier alpha value is -4.74. The van der Waals surface area contributed by atoms with Gasteiger partial charge in [-0.25, -0.2) is 4.98 Å². The maximum atomic E-state index is 10.5. The van der Waals surface area contributed by atoms with E-state index in [0.717, 1.165) is 16.6 Å². The topological polar surface area (TPSA) is 55.2 Å². The summed E-state index contributed by atoms with van der Waals surface area (Å²) in [6, 6.07) is 36.9. The number of phenols is 1. The molecule has 0 spiro atoms. The molecule has 0 aliphatic rings. The average molecular weight is 511 g/mol. The number of phenolic OH excluding ortho intramolecular Hbond substituents is 1. The van der Waals surface area contributed by atoms with Crippen molar-refractivity contribution in [2.24, 2.45) is 0 Å². The molecule has 0 fully saturated rings. The van der Waals surface area contributed by atoms with Crippen molar-refractivity contribution in [2.75, 3.05) is 7.11 Å². The van der Waals surface area contributed by atoms with Gasteiger partial charge in [-0.15, -0.1) is 11.3 Å². The highest BCUT2D eigenvalue weighted by molar-refractivity contribution is 7.26. The average Bonchev–Trinajstić information content (AvgIpc) is 3.35. The fourth-order valence-corrected chi connectivity index (χ4v) is 6.31. The van der Waals surface area contributed by atoms with Crippen LogP contribution in [0.15, 0.2) is 109 Å². The second-order valence-electron chi connectivity index (χ2n) is 9.16. The lowest BCUT2D eigenvalue weighted by Gasteiger charge is -2.12. The summed E-state index contributed by atoms with van der Waals surface area (Å²) in [5.74, 6) is 0.998. The Morgan fingerprint density at radius 3 is 2.21 bits per heavy atom. The van der Waals surface area contributed by atoms with Gasteiger partial charge in [-0.05, 0) is 46.2 Å². The van der Waals surface area contributed by atoms with Gasteiger partial charge in [-0.3, -0.25) is 0 Å². The maximum Gasteiger partial charge on any atom is 0.217 e. The van der Waals surface area contributed by atoms with Crippen molar-refractivity contribution in [2.45, 2.75) is 0 Å². The minimum Gasteiger partial charge on any atom is -0.507 e. The largest absolute Gasteiger partial charge is 0.507 e. The van der Waals surface area contributed by atoms with E-state index in [2.05, 4.69) is 77.8 Å². The van der Waals surface area contributed by atoms with Gasteiger partial charge < -0.3 is 9.84 Å². The number of para-hydroxylation sites is 1. The molecule has 0 aliphatic heterocycles. The summed E-state index contributed by atoms with van der Waals surface area (Å²) in [6.45, 7) is 0. The second kappa shape index (κ2) is 8.98. The van der Waals surface area contributed by atoms with Crippen LogP contribution in [0.4, 0.5) is 0 Å². The SMILES string of the molecule is COc1cc(-c2cc3sc4cc(-c5ccccc5)ccc4c3c3ccccc23)nc(-c2ccccc2O)n1. The van der Waals surface area contributed by atoms with Crippen molar-refractivity contribution in [3.63, 3.8) is 0 Å². The Morgan fingerprint density at radius 1 is 0.632 bits per heavy atom. The van der Waals surface area contributed by atoms with Crippen molar-refractivity contribution in [1.82, 2.24) is 9.97 Å². The summed E-state index contributed by atoms with van der Waals surface area (Å²) >= 11 is 1.79. The van der Waals surface area contributed by atoms with Crippen LogP contribution in [0.3, 0.4) is 0 Å². The first-order valence-corrected chi connectivity index (χ1v) is 13.2. The predicted molar refractivity (Wildman–Crippen MR) is 157 cm³/mol. The molecule has 0 radical (unpaired) electrons. The van der Waals surface area contributed by atoms with E-state index < -0.39 is 0 Å². The smallest absolute Gasteiger partial charge is 0.217 e. The molecule has 0 atom stereocenters. The van der Waals surface area contributed by atoms with Crippen molar-refractivity contribution < 1.29 is 9.84 Å². The molecule has 2 heterocycles. The molecule has 38 heavy (non-hydrogen) atoms. The minimum absolute atomic E-state index is 0.130. The molecule has 182 valence electrons. The van der Waals surface area contributed by atoms with Gasteiger partial charge in [0.15, 0.2) is 5.82 Å². The van der Waals surface area contributed by atoms with E-state index in [4.69, 9.17) is 9.72 Å². The van der Waals surface area contributed by atoms with Crippen molar-refractivity contribution in [1.29, 1.82) is 0 Å². The molecule has 0 aliphatic carbocycles. The molecule has 1 N–H and O–H groups in total. The Balaban J connectivity index is 1.49. The molecule has 0 amide bonds. The molecular formula is C33H22N2O2S. The van der Waals surface area contributed by atoms with Crippen LogP contribution in [-0.4, -0.2) is 22.2 Å². The fraction of sp³-hybridized carbons (Fsp3) is 0.0303. The standard InChI is InChI=1S/C33H22N2O2S/c1-37-31-19-27(34-33(35-31)24-13-7-8-14-28(24)36)26-18-30-32(23-12-6-5-11-22(23)26)25-16-15-21(17-29(25)38-30)20-9-3-2-4-10-20/h2-19,36H,1H3. The Kier molecular flexibility index (Phi) is 5.31. The molecule has 0 bridgehead atoms. The summed E-state index contributed by atoms with van der Waals surface area (Å²) in [4.78, 5) is 9.43. The highest BCUT2D eigenvalue weighted by Gasteiger charge is 2.17. The molecule has 5 aromatic carbocycles. The van der Waals surface area contributed by atoms with Crippen LogP contribution < -0.4 is 4.74 Å². The second-order valence-corrected chi connectivity index (χ2v) is 10.2. The summed E-state index contributed by atoms with van der Waals surface area (Å²) in [5, 5.41) is 15.3. The number of aromatic nitrogens is 2. The number of hydrogen-bond acceptors (Lipinski definition) is 5. The van der Waals surface area contributed by atoms with Gasteiger partial charge in [0, 0.05) is 31.8 Å². The van der Waals surface area contributed by atoms with Crippen LogP contribution in [0.25, 0.3) is 64.7 Å². The van der Waals surface area contributed by atoms with Crippen LogP contribution in [0.5, 0.6) is 11.6 Å². The van der Waals surface area contributed by atoms with Gasteiger partial charge in [0.1, 0.15) is 5.75 Å². The quantitative estimate of drug-likeness (QED) is 0.257. The van der Waals surface area contributed by atoms with Gasteiger partial charge in [0.25, 0.3) is 0 Å². The lowest BCUT2D eigenvalue weighted by Crippen LogP contribution is -1.97. The highest BCUT2D eigenvalue weighted by Crippen LogP contribution is 2.44. The third kappa shape index (κ3) is 3.67. The number of hydrogen-bond donors (Lipinski definition) is 1. The molecule has 7 rings (SSSR count). The number of benzene rings is 5. The molecule has 0 saturated carbocycles. The molecule has 7 aromatic rings. The first-order valence-electron chi connectivity index (χ1n) is 12.3. The lowest BCUT2D eigenvalue weighted by molar-refractivity contribution is 0.397. The van der Waals surface area contributed by atoms with Gasteiger partial charge >= 0.3 is 0 Å². The molecule has 5 heteroatoms. The zero-order chi connectivity index (χ0) is 25.6. The van der Waals surface area contributed by atoms with E-state index in [1.165, 1.54) is 36.7 Å². The van der Waals surface area contributed by atoms with E-state index >= 15 is 0 Å². The Bertz CT molecular complexity index is 1980. The van der Waals surface area contributed by atoms with E-state index in [9.17, 15) is 5.11 Å². The predicted octanol–water partition coefficient (Wildman–Crippen LogP) is 8.71. The number of aromatic hydroxyl groups is 1. The van der Waals surface area contributed by atoms with Crippen molar-refractivity contribution >= 4 is 42.3 Å². The third-order valence-electron chi connectivity index (χ3n) is 6.92. The summed E-state index contributed by atoms with van der Waals surface area (Å²) < 4.78 is 7.99. The summed E-state index contributed by atoms with van der Waals surface area (Å²) in [7, 11) is 1.60. The number of nitrogens with zero attached hydrogens (tertiary/aromatic N) is 2. The van der Waals surface area contributed by atoms with Crippen LogP contribution in [0.1, 0.15) is 0 Å². The van der Waals surface area contributed by atoms with Crippen LogP contribution in [0, 0.1) is 0 Å². The lowest BCUT2D eigenvalue weighted by atomic mass is 9.96. The normalized spacial score (nSPS) is 11.4. The van der Waals surface area contributed by atoms with Crippen molar-refractivity contribution in [3.05, 3.63) is 109 Å². The Morgan fingerprint density at radius 2 is 1.39 bits per heavy atom. The zero-order valence-corrected chi connectivity index (χ0v) is 21.4. The monoisotopic (exact) mass is 510 g/mol. The fourth-order valence-electron chi connectivity index (χ4n) is 5.11. The number of ether oxygens (including phenoxy) is 1. The van der Waals surface area contributed by atoms with Gasteiger partial charge in [0.05, 0.1) is 18.4 Å². The number of methoxy groups -OCH3 is 1. The molecule has 2 aromatic heterocycles. The van der Waals surface area contributed by atoms with E-state index in [0.29, 0.717) is 17.3 Å². The van der Waals surface area contributed by atoms with Gasteiger partial charge in [0.2, 0.25) is 5.88 Å². The maximum absolute atomic E-state index is 10.5. The summed E-state index contributed by atoms with van der Waals surface area (Å²) in [6.07, 6.45) is 0. The van der Waals surface area contributed by atoms with Crippen LogP contribution in [-0.2, 0) is 0 Å². The van der Waals surface area contributed by atoms with E-state index in [1.807, 2.05) is 24.3 Å². The highest BCUT2D eigenvalue weighted by atomic mass is 32.1. The van der Waals surface area contributed by atoms with Crippen LogP contribution in [0.2, 0.25) is 0 Å². The number of rotatable bonds is 4. The summed E-state index contributed by atoms with van der Waals surface area (Å²) in [5.41, 5.74) is 4.73. The molecule has 0 saturated heterocycles. The molecule has 4 nitrogen and oxygen atoms in total. The van der Waals surface area contributed by atoms with Gasteiger partial charge in [-0.2, -0.15) is 4.98 Å². The van der Waals surface area contributed by atoms with E-state index in [-0.39, 0.29) is 5.75 Å². The number of thiophene rings is 1. The zero-order valence-electron chi connectivity index (χ0n) is 20.6. The Labute approximate surface area is 223 Å². The third-order valence-corrected chi connectivity index (χ3v) is 8.02. The van der Waals surface area contributed by atoms with E-state index in [1.54, 1.807) is 30.6 Å². The minimum atomic E-state index is 0.130. The van der Waals surface area contributed by atoms with Crippen molar-refractivity contribution in [3.8, 4) is 45.4 Å². The number of fused-ring (bicyclic) bond motifs is 5.